The number of hydrogen-bond acceptors (Lipinski definition) is 4. The second kappa shape index (κ2) is 6.61. The average Bonchev–Trinajstić information content (AvgIpc) is 2.46. The molecule has 2 rings (SSSR count). The number of nitrogens with one attached hydrogen (secondary N) is 1. The van der Waals surface area contributed by atoms with Crippen LogP contribution in [0.25, 0.3) is 0 Å². The van der Waals surface area contributed by atoms with Gasteiger partial charge in [0.05, 0.1) is 12.2 Å². The van der Waals surface area contributed by atoms with Crippen LogP contribution in [0.3, 0.4) is 0 Å². The van der Waals surface area contributed by atoms with Crippen LogP contribution in [0, 0.1) is 0 Å². The summed E-state index contributed by atoms with van der Waals surface area (Å²) in [5.41, 5.74) is 2.32. The highest BCUT2D eigenvalue weighted by Crippen LogP contribution is 2.15. The maximum absolute atomic E-state index is 11.6. The molecule has 0 radical (unpaired) electrons. The van der Waals surface area contributed by atoms with E-state index in [1.165, 1.54) is 0 Å². The lowest BCUT2D eigenvalue weighted by Crippen LogP contribution is -2.06. The molecule has 0 unspecified atom stereocenters. The van der Waals surface area contributed by atoms with Gasteiger partial charge in [0, 0.05) is 12.2 Å². The first-order valence-corrected chi connectivity index (χ1v) is 6.48. The van der Waals surface area contributed by atoms with Crippen LogP contribution in [0.15, 0.2) is 48.5 Å². The lowest BCUT2D eigenvalue weighted by Gasteiger charge is -2.08. The Bertz CT molecular complexity index is 596. The zero-order chi connectivity index (χ0) is 14.4. The number of aromatic hydroxyl groups is 1. The Balaban J connectivity index is 2.03. The third-order valence-corrected chi connectivity index (χ3v) is 2.78. The van der Waals surface area contributed by atoms with Crippen LogP contribution in [0.1, 0.15) is 22.8 Å². The molecule has 0 aliphatic carbocycles. The number of benzene rings is 2. The van der Waals surface area contributed by atoms with Gasteiger partial charge in [-0.3, -0.25) is 0 Å². The number of phenolic OH excluding ortho intramolecular Hbond substituents is 1. The van der Waals surface area contributed by atoms with Gasteiger partial charge >= 0.3 is 5.97 Å². The number of carbonyl (C=O) groups is 1. The smallest absolute Gasteiger partial charge is 0.338 e. The molecular formula is C16H17NO3. The van der Waals surface area contributed by atoms with E-state index in [0.29, 0.717) is 18.7 Å². The van der Waals surface area contributed by atoms with Crippen molar-refractivity contribution in [2.45, 2.75) is 13.5 Å². The van der Waals surface area contributed by atoms with E-state index in [2.05, 4.69) is 5.32 Å². The molecule has 0 bridgehead atoms. The predicted octanol–water partition coefficient (Wildman–Crippen LogP) is 3.18. The Morgan fingerprint density at radius 2 is 2.00 bits per heavy atom. The van der Waals surface area contributed by atoms with Crippen molar-refractivity contribution in [3.05, 3.63) is 59.7 Å². The van der Waals surface area contributed by atoms with Crippen LogP contribution in [0.4, 0.5) is 5.69 Å². The molecule has 20 heavy (non-hydrogen) atoms. The Labute approximate surface area is 118 Å². The van der Waals surface area contributed by atoms with Crippen molar-refractivity contribution in [3.8, 4) is 5.75 Å². The first-order valence-electron chi connectivity index (χ1n) is 6.48. The molecule has 4 heteroatoms. The summed E-state index contributed by atoms with van der Waals surface area (Å²) in [5.74, 6) is -0.0851. The van der Waals surface area contributed by atoms with Crippen molar-refractivity contribution in [3.63, 3.8) is 0 Å². The van der Waals surface area contributed by atoms with Crippen LogP contribution >= 0.6 is 0 Å². The van der Waals surface area contributed by atoms with Crippen LogP contribution in [0.5, 0.6) is 5.75 Å². The molecule has 2 N–H and O–H groups in total. The highest BCUT2D eigenvalue weighted by molar-refractivity contribution is 5.90. The molecule has 2 aromatic carbocycles. The summed E-state index contributed by atoms with van der Waals surface area (Å²) in [7, 11) is 0. The first-order chi connectivity index (χ1) is 9.69. The van der Waals surface area contributed by atoms with E-state index in [9.17, 15) is 9.90 Å². The maximum Gasteiger partial charge on any atom is 0.338 e. The van der Waals surface area contributed by atoms with E-state index < -0.39 is 0 Å². The molecule has 0 aliphatic rings. The molecule has 0 fully saturated rings. The van der Waals surface area contributed by atoms with Gasteiger partial charge in [0.15, 0.2) is 0 Å². The third-order valence-electron chi connectivity index (χ3n) is 2.78. The molecule has 0 aromatic heterocycles. The molecule has 0 amide bonds. The fourth-order valence-corrected chi connectivity index (χ4v) is 1.84. The minimum atomic E-state index is -0.325. The van der Waals surface area contributed by atoms with E-state index in [0.717, 1.165) is 11.3 Å². The molecule has 104 valence electrons. The van der Waals surface area contributed by atoms with Gasteiger partial charge in [-0.05, 0) is 42.8 Å². The first kappa shape index (κ1) is 13.9. The zero-order valence-electron chi connectivity index (χ0n) is 11.3. The van der Waals surface area contributed by atoms with Crippen LogP contribution in [-0.4, -0.2) is 17.7 Å². The summed E-state index contributed by atoms with van der Waals surface area (Å²) in [5, 5.41) is 12.6. The van der Waals surface area contributed by atoms with Gasteiger partial charge in [-0.2, -0.15) is 0 Å². The SMILES string of the molecule is CCOC(=O)c1cccc(NCc2cccc(O)c2)c1. The minimum absolute atomic E-state index is 0.240. The number of esters is 1. The standard InChI is InChI=1S/C16H17NO3/c1-2-20-16(19)13-6-4-7-14(10-13)17-11-12-5-3-8-15(18)9-12/h3-10,17-18H,2,11H2,1H3. The van der Waals surface area contributed by atoms with Gasteiger partial charge in [-0.1, -0.05) is 18.2 Å². The minimum Gasteiger partial charge on any atom is -0.508 e. The van der Waals surface area contributed by atoms with E-state index in [4.69, 9.17) is 4.74 Å². The molecule has 0 heterocycles. The summed E-state index contributed by atoms with van der Waals surface area (Å²) in [6.45, 7) is 2.71. The maximum atomic E-state index is 11.6. The molecule has 4 nitrogen and oxygen atoms in total. The molecule has 0 saturated carbocycles. The van der Waals surface area contributed by atoms with E-state index in [1.54, 1.807) is 43.3 Å². The van der Waals surface area contributed by atoms with Gasteiger partial charge in [0.25, 0.3) is 0 Å². The zero-order valence-corrected chi connectivity index (χ0v) is 11.3. The molecule has 0 saturated heterocycles. The Morgan fingerprint density at radius 1 is 1.20 bits per heavy atom. The van der Waals surface area contributed by atoms with Crippen molar-refractivity contribution in [2.75, 3.05) is 11.9 Å². The third kappa shape index (κ3) is 3.75. The summed E-state index contributed by atoms with van der Waals surface area (Å²) >= 11 is 0. The van der Waals surface area contributed by atoms with Crippen molar-refractivity contribution in [2.24, 2.45) is 0 Å². The highest BCUT2D eigenvalue weighted by Gasteiger charge is 2.06. The monoisotopic (exact) mass is 271 g/mol. The van der Waals surface area contributed by atoms with Gasteiger partial charge < -0.3 is 15.2 Å². The Morgan fingerprint density at radius 3 is 2.75 bits per heavy atom. The molecule has 2 aromatic rings. The Hall–Kier alpha value is -2.49. The number of phenols is 1. The highest BCUT2D eigenvalue weighted by atomic mass is 16.5. The van der Waals surface area contributed by atoms with Gasteiger partial charge in [-0.15, -0.1) is 0 Å². The average molecular weight is 271 g/mol. The van der Waals surface area contributed by atoms with Crippen LogP contribution in [0.2, 0.25) is 0 Å². The summed E-state index contributed by atoms with van der Waals surface area (Å²) in [4.78, 5) is 11.6. The Kier molecular flexibility index (Phi) is 4.60. The van der Waals surface area contributed by atoms with E-state index in [1.807, 2.05) is 12.1 Å². The van der Waals surface area contributed by atoms with Gasteiger partial charge in [0.1, 0.15) is 5.75 Å². The normalized spacial score (nSPS) is 10.1. The van der Waals surface area contributed by atoms with Crippen molar-refractivity contribution in [1.29, 1.82) is 0 Å². The van der Waals surface area contributed by atoms with Crippen molar-refractivity contribution < 1.29 is 14.6 Å². The lowest BCUT2D eigenvalue weighted by molar-refractivity contribution is 0.0526. The summed E-state index contributed by atoms with van der Waals surface area (Å²) < 4.78 is 4.96. The second-order valence-electron chi connectivity index (χ2n) is 4.32. The van der Waals surface area contributed by atoms with Crippen molar-refractivity contribution in [1.82, 2.24) is 0 Å². The van der Waals surface area contributed by atoms with Crippen LogP contribution in [-0.2, 0) is 11.3 Å². The number of ether oxygens (including phenoxy) is 1. The molecule has 0 aliphatic heterocycles. The molecular weight excluding hydrogens is 254 g/mol. The second-order valence-corrected chi connectivity index (χ2v) is 4.32. The lowest BCUT2D eigenvalue weighted by atomic mass is 10.2. The number of anilines is 1. The van der Waals surface area contributed by atoms with Crippen molar-refractivity contribution >= 4 is 11.7 Å². The largest absolute Gasteiger partial charge is 0.508 e. The number of rotatable bonds is 5. The fraction of sp³-hybridized carbons (Fsp3) is 0.188. The summed E-state index contributed by atoms with van der Waals surface area (Å²) in [6, 6.07) is 14.2. The quantitative estimate of drug-likeness (QED) is 0.820. The predicted molar refractivity (Wildman–Crippen MR) is 77.8 cm³/mol. The van der Waals surface area contributed by atoms with Gasteiger partial charge in [0.2, 0.25) is 0 Å². The number of carbonyl (C=O) groups excluding carboxylic acids is 1. The number of hydrogen-bond donors (Lipinski definition) is 2. The fourth-order valence-electron chi connectivity index (χ4n) is 1.84. The molecule has 0 atom stereocenters. The van der Waals surface area contributed by atoms with E-state index >= 15 is 0 Å². The van der Waals surface area contributed by atoms with Crippen LogP contribution < -0.4 is 5.32 Å². The topological polar surface area (TPSA) is 58.6 Å². The summed E-state index contributed by atoms with van der Waals surface area (Å²) in [6.07, 6.45) is 0. The molecule has 0 spiro atoms. The van der Waals surface area contributed by atoms with E-state index in [-0.39, 0.29) is 11.7 Å². The van der Waals surface area contributed by atoms with Gasteiger partial charge in [-0.25, -0.2) is 4.79 Å².